The van der Waals surface area contributed by atoms with Crippen LogP contribution in [0.4, 0.5) is 15.9 Å². The predicted octanol–water partition coefficient (Wildman–Crippen LogP) is 3.49. The van der Waals surface area contributed by atoms with Gasteiger partial charge in [-0.25, -0.2) is 9.37 Å². The zero-order valence-corrected chi connectivity index (χ0v) is 9.37. The Kier molecular flexibility index (Phi) is 3.22. The number of nitriles is 1. The molecule has 0 saturated heterocycles. The van der Waals surface area contributed by atoms with Gasteiger partial charge in [-0.15, -0.1) is 0 Å². The molecule has 0 atom stereocenters. The lowest BCUT2D eigenvalue weighted by Crippen LogP contribution is -1.94. The summed E-state index contributed by atoms with van der Waals surface area (Å²) < 4.78 is 12.7. The number of halogens is 2. The summed E-state index contributed by atoms with van der Waals surface area (Å²) in [6.45, 7) is 0. The summed E-state index contributed by atoms with van der Waals surface area (Å²) in [6, 6.07) is 10.8. The van der Waals surface area contributed by atoms with Gasteiger partial charge in [0.25, 0.3) is 0 Å². The fourth-order valence-corrected chi connectivity index (χ4v) is 1.52. The van der Waals surface area contributed by atoms with Crippen LogP contribution in [0.1, 0.15) is 5.56 Å². The number of benzene rings is 1. The highest BCUT2D eigenvalue weighted by molar-refractivity contribution is 6.29. The zero-order valence-electron chi connectivity index (χ0n) is 8.61. The van der Waals surface area contributed by atoms with Crippen LogP contribution in [-0.2, 0) is 0 Å². The Morgan fingerprint density at radius 3 is 2.59 bits per heavy atom. The van der Waals surface area contributed by atoms with E-state index < -0.39 is 0 Å². The minimum Gasteiger partial charge on any atom is -0.340 e. The third-order valence-corrected chi connectivity index (χ3v) is 2.23. The van der Waals surface area contributed by atoms with E-state index >= 15 is 0 Å². The number of nitrogens with zero attached hydrogens (tertiary/aromatic N) is 2. The Balaban J connectivity index is 2.27. The lowest BCUT2D eigenvalue weighted by Gasteiger charge is -2.05. The van der Waals surface area contributed by atoms with Gasteiger partial charge < -0.3 is 5.32 Å². The Bertz CT molecular complexity index is 575. The van der Waals surface area contributed by atoms with E-state index in [1.807, 2.05) is 6.07 Å². The fourth-order valence-electron chi connectivity index (χ4n) is 1.31. The van der Waals surface area contributed by atoms with E-state index in [2.05, 4.69) is 10.3 Å². The van der Waals surface area contributed by atoms with E-state index in [1.165, 1.54) is 18.2 Å². The number of pyridine rings is 1. The maximum atomic E-state index is 12.7. The molecule has 0 aliphatic heterocycles. The average Bonchev–Trinajstić information content (AvgIpc) is 2.31. The maximum Gasteiger partial charge on any atom is 0.133 e. The van der Waals surface area contributed by atoms with Crippen LogP contribution in [0.15, 0.2) is 36.4 Å². The molecule has 84 valence electrons. The first-order valence-electron chi connectivity index (χ1n) is 4.77. The summed E-state index contributed by atoms with van der Waals surface area (Å²) in [5, 5.41) is 11.9. The Morgan fingerprint density at radius 1 is 1.24 bits per heavy atom. The molecule has 1 aromatic heterocycles. The van der Waals surface area contributed by atoms with Crippen molar-refractivity contribution >= 4 is 23.1 Å². The quantitative estimate of drug-likeness (QED) is 0.827. The lowest BCUT2D eigenvalue weighted by molar-refractivity contribution is 0.628. The number of hydrogen-bond donors (Lipinski definition) is 1. The summed E-state index contributed by atoms with van der Waals surface area (Å²) in [4.78, 5) is 4.01. The summed E-state index contributed by atoms with van der Waals surface area (Å²) >= 11 is 5.76. The molecule has 0 radical (unpaired) electrons. The topological polar surface area (TPSA) is 48.7 Å². The molecule has 0 spiro atoms. The van der Waals surface area contributed by atoms with Gasteiger partial charge in [-0.1, -0.05) is 11.6 Å². The predicted molar refractivity (Wildman–Crippen MR) is 63.6 cm³/mol. The second-order valence-corrected chi connectivity index (χ2v) is 3.69. The minimum absolute atomic E-state index is 0.230. The molecule has 5 heteroatoms. The molecule has 0 fully saturated rings. The highest BCUT2D eigenvalue weighted by Gasteiger charge is 2.01. The van der Waals surface area contributed by atoms with Crippen molar-refractivity contribution in [3.05, 3.63) is 52.9 Å². The molecular formula is C12H7ClFN3. The maximum absolute atomic E-state index is 12.7. The van der Waals surface area contributed by atoms with E-state index in [0.29, 0.717) is 17.1 Å². The molecule has 0 bridgehead atoms. The molecule has 1 N–H and O–H groups in total. The molecule has 2 rings (SSSR count). The molecule has 2 aromatic rings. The van der Waals surface area contributed by atoms with Crippen molar-refractivity contribution in [1.82, 2.24) is 4.98 Å². The van der Waals surface area contributed by atoms with Gasteiger partial charge in [0.15, 0.2) is 0 Å². The van der Waals surface area contributed by atoms with Crippen molar-refractivity contribution in [1.29, 1.82) is 5.26 Å². The van der Waals surface area contributed by atoms with Gasteiger partial charge in [-0.2, -0.15) is 5.26 Å². The third kappa shape index (κ3) is 2.92. The first-order chi connectivity index (χ1) is 8.17. The average molecular weight is 248 g/mol. The third-order valence-electron chi connectivity index (χ3n) is 2.04. The summed E-state index contributed by atoms with van der Waals surface area (Å²) in [7, 11) is 0. The van der Waals surface area contributed by atoms with Gasteiger partial charge in [-0.3, -0.25) is 0 Å². The number of nitrogens with one attached hydrogen (secondary N) is 1. The summed E-state index contributed by atoms with van der Waals surface area (Å²) in [5.41, 5.74) is 1.08. The Morgan fingerprint density at radius 2 is 1.94 bits per heavy atom. The number of aromatic nitrogens is 1. The second kappa shape index (κ2) is 4.81. The van der Waals surface area contributed by atoms with Gasteiger partial charge in [0.2, 0.25) is 0 Å². The Hall–Kier alpha value is -2.12. The first-order valence-corrected chi connectivity index (χ1v) is 5.15. The van der Waals surface area contributed by atoms with E-state index in [0.717, 1.165) is 0 Å². The zero-order chi connectivity index (χ0) is 12.3. The van der Waals surface area contributed by atoms with Crippen molar-refractivity contribution in [3.8, 4) is 6.07 Å². The molecule has 3 nitrogen and oxygen atoms in total. The molecule has 0 amide bonds. The normalized spacial score (nSPS) is 9.71. The second-order valence-electron chi connectivity index (χ2n) is 3.31. The molecule has 1 heterocycles. The monoisotopic (exact) mass is 247 g/mol. The van der Waals surface area contributed by atoms with Crippen LogP contribution in [0.25, 0.3) is 0 Å². The lowest BCUT2D eigenvalue weighted by atomic mass is 10.2. The molecule has 0 saturated carbocycles. The van der Waals surface area contributed by atoms with Gasteiger partial charge >= 0.3 is 0 Å². The van der Waals surface area contributed by atoms with Crippen molar-refractivity contribution in [2.24, 2.45) is 0 Å². The van der Waals surface area contributed by atoms with Crippen LogP contribution in [0.3, 0.4) is 0 Å². The molecular weight excluding hydrogens is 241 g/mol. The molecule has 17 heavy (non-hydrogen) atoms. The standard InChI is InChI=1S/C12H7ClFN3/c13-11-5-8(7-15)6-12(17-11)16-10-3-1-9(14)2-4-10/h1-6H,(H,16,17). The van der Waals surface area contributed by atoms with Crippen LogP contribution in [0.5, 0.6) is 0 Å². The van der Waals surface area contributed by atoms with E-state index in [1.54, 1.807) is 18.2 Å². The summed E-state index contributed by atoms with van der Waals surface area (Å²) in [6.07, 6.45) is 0. The van der Waals surface area contributed by atoms with E-state index in [-0.39, 0.29) is 11.0 Å². The van der Waals surface area contributed by atoms with Crippen molar-refractivity contribution < 1.29 is 4.39 Å². The van der Waals surface area contributed by atoms with Crippen LogP contribution in [-0.4, -0.2) is 4.98 Å². The smallest absolute Gasteiger partial charge is 0.133 e. The SMILES string of the molecule is N#Cc1cc(Cl)nc(Nc2ccc(F)cc2)c1. The van der Waals surface area contributed by atoms with Gasteiger partial charge in [-0.05, 0) is 36.4 Å². The van der Waals surface area contributed by atoms with Crippen molar-refractivity contribution in [3.63, 3.8) is 0 Å². The minimum atomic E-state index is -0.313. The number of anilines is 2. The fraction of sp³-hybridized carbons (Fsp3) is 0. The van der Waals surface area contributed by atoms with Gasteiger partial charge in [0.1, 0.15) is 16.8 Å². The highest BCUT2D eigenvalue weighted by Crippen LogP contribution is 2.18. The van der Waals surface area contributed by atoms with Crippen molar-refractivity contribution in [2.45, 2.75) is 0 Å². The number of rotatable bonds is 2. The molecule has 0 aliphatic rings. The highest BCUT2D eigenvalue weighted by atomic mass is 35.5. The van der Waals surface area contributed by atoms with Crippen LogP contribution in [0, 0.1) is 17.1 Å². The van der Waals surface area contributed by atoms with Crippen LogP contribution < -0.4 is 5.32 Å². The Labute approximate surface area is 102 Å². The number of hydrogen-bond acceptors (Lipinski definition) is 3. The molecule has 0 aliphatic carbocycles. The van der Waals surface area contributed by atoms with Gasteiger partial charge in [0.05, 0.1) is 11.6 Å². The van der Waals surface area contributed by atoms with Gasteiger partial charge in [0, 0.05) is 5.69 Å². The van der Waals surface area contributed by atoms with Crippen molar-refractivity contribution in [2.75, 3.05) is 5.32 Å². The van der Waals surface area contributed by atoms with Crippen LogP contribution in [0.2, 0.25) is 5.15 Å². The largest absolute Gasteiger partial charge is 0.340 e. The molecule has 0 unspecified atom stereocenters. The first kappa shape index (κ1) is 11.4. The van der Waals surface area contributed by atoms with Crippen LogP contribution >= 0.6 is 11.6 Å². The molecule has 1 aromatic carbocycles. The van der Waals surface area contributed by atoms with E-state index in [9.17, 15) is 4.39 Å². The summed E-state index contributed by atoms with van der Waals surface area (Å²) in [5.74, 6) is 0.132. The van der Waals surface area contributed by atoms with E-state index in [4.69, 9.17) is 16.9 Å².